The molecule has 0 saturated carbocycles. The number of rotatable bonds is 2. The Bertz CT molecular complexity index is 319. The number of halogens is 1. The van der Waals surface area contributed by atoms with Crippen molar-refractivity contribution in [2.45, 2.75) is 18.9 Å². The van der Waals surface area contributed by atoms with Gasteiger partial charge in [-0.05, 0) is 33.8 Å². The van der Waals surface area contributed by atoms with E-state index in [1.54, 1.807) is 11.3 Å². The van der Waals surface area contributed by atoms with Crippen LogP contribution in [-0.4, -0.2) is 23.8 Å². The SMILES string of the molecule is Cc1csc(CC2(O)CNC2)c1Br. The Kier molecular flexibility index (Phi) is 2.49. The molecule has 0 spiro atoms. The molecule has 4 heteroatoms. The van der Waals surface area contributed by atoms with Crippen LogP contribution in [-0.2, 0) is 6.42 Å². The maximum absolute atomic E-state index is 9.92. The first-order valence-corrected chi connectivity index (χ1v) is 5.94. The van der Waals surface area contributed by atoms with E-state index >= 15 is 0 Å². The molecule has 2 N–H and O–H groups in total. The average molecular weight is 262 g/mol. The summed E-state index contributed by atoms with van der Waals surface area (Å²) in [6, 6.07) is 0. The Morgan fingerprint density at radius 2 is 2.38 bits per heavy atom. The Balaban J connectivity index is 2.13. The molecule has 1 aromatic heterocycles. The van der Waals surface area contributed by atoms with E-state index in [1.807, 2.05) is 0 Å². The third-order valence-corrected chi connectivity index (χ3v) is 4.84. The van der Waals surface area contributed by atoms with E-state index in [9.17, 15) is 5.11 Å². The predicted molar refractivity (Wildman–Crippen MR) is 58.3 cm³/mol. The lowest BCUT2D eigenvalue weighted by molar-refractivity contribution is -0.00846. The number of aryl methyl sites for hydroxylation is 1. The lowest BCUT2D eigenvalue weighted by Gasteiger charge is -2.37. The number of nitrogens with one attached hydrogen (secondary N) is 1. The summed E-state index contributed by atoms with van der Waals surface area (Å²) in [6.45, 7) is 3.51. The monoisotopic (exact) mass is 261 g/mol. The van der Waals surface area contributed by atoms with Crippen molar-refractivity contribution >= 4 is 27.3 Å². The van der Waals surface area contributed by atoms with Gasteiger partial charge in [0.25, 0.3) is 0 Å². The van der Waals surface area contributed by atoms with Crippen molar-refractivity contribution in [3.05, 3.63) is 20.3 Å². The van der Waals surface area contributed by atoms with E-state index in [0.29, 0.717) is 0 Å². The van der Waals surface area contributed by atoms with Crippen LogP contribution in [0.5, 0.6) is 0 Å². The number of thiophene rings is 1. The van der Waals surface area contributed by atoms with Crippen LogP contribution in [0.15, 0.2) is 9.85 Å². The second kappa shape index (κ2) is 3.35. The molecule has 0 radical (unpaired) electrons. The Labute approximate surface area is 90.1 Å². The summed E-state index contributed by atoms with van der Waals surface area (Å²) in [7, 11) is 0. The van der Waals surface area contributed by atoms with Gasteiger partial charge in [-0.3, -0.25) is 0 Å². The van der Waals surface area contributed by atoms with Gasteiger partial charge in [-0.25, -0.2) is 0 Å². The van der Waals surface area contributed by atoms with Gasteiger partial charge in [-0.15, -0.1) is 11.3 Å². The minimum absolute atomic E-state index is 0.500. The van der Waals surface area contributed by atoms with Crippen LogP contribution in [0.4, 0.5) is 0 Å². The molecule has 1 aliphatic heterocycles. The lowest BCUT2D eigenvalue weighted by atomic mass is 9.92. The highest BCUT2D eigenvalue weighted by Crippen LogP contribution is 2.31. The van der Waals surface area contributed by atoms with Gasteiger partial charge < -0.3 is 10.4 Å². The molecule has 1 aromatic rings. The summed E-state index contributed by atoms with van der Waals surface area (Å²) in [5.41, 5.74) is 0.760. The van der Waals surface area contributed by atoms with Gasteiger partial charge in [-0.1, -0.05) is 0 Å². The van der Waals surface area contributed by atoms with Crippen molar-refractivity contribution in [1.29, 1.82) is 0 Å². The number of hydrogen-bond donors (Lipinski definition) is 2. The molecule has 0 atom stereocenters. The molecule has 72 valence electrons. The van der Waals surface area contributed by atoms with Crippen molar-refractivity contribution in [2.75, 3.05) is 13.1 Å². The molecule has 0 unspecified atom stereocenters. The van der Waals surface area contributed by atoms with E-state index in [1.165, 1.54) is 10.4 Å². The van der Waals surface area contributed by atoms with E-state index in [-0.39, 0.29) is 0 Å². The molecule has 1 saturated heterocycles. The Hall–Kier alpha value is 0.100. The smallest absolute Gasteiger partial charge is 0.0943 e. The van der Waals surface area contributed by atoms with Gasteiger partial charge in [0.05, 0.1) is 5.60 Å². The van der Waals surface area contributed by atoms with Crippen LogP contribution < -0.4 is 5.32 Å². The topological polar surface area (TPSA) is 32.3 Å². The van der Waals surface area contributed by atoms with Crippen molar-refractivity contribution in [3.8, 4) is 0 Å². The third-order valence-electron chi connectivity index (χ3n) is 2.37. The van der Waals surface area contributed by atoms with Gasteiger partial charge in [0, 0.05) is 28.9 Å². The standard InChI is InChI=1S/C9H12BrNOS/c1-6-3-13-7(8(6)10)2-9(12)4-11-5-9/h3,11-12H,2,4-5H2,1H3. The fraction of sp³-hybridized carbons (Fsp3) is 0.556. The second-order valence-corrected chi connectivity index (χ2v) is 5.42. The highest BCUT2D eigenvalue weighted by atomic mass is 79.9. The minimum Gasteiger partial charge on any atom is -0.387 e. The Morgan fingerprint density at radius 3 is 2.77 bits per heavy atom. The molecule has 2 heterocycles. The molecule has 0 bridgehead atoms. The van der Waals surface area contributed by atoms with E-state index in [4.69, 9.17) is 0 Å². The zero-order chi connectivity index (χ0) is 9.47. The van der Waals surface area contributed by atoms with Crippen LogP contribution in [0.25, 0.3) is 0 Å². The van der Waals surface area contributed by atoms with Gasteiger partial charge in [-0.2, -0.15) is 0 Å². The highest BCUT2D eigenvalue weighted by Gasteiger charge is 2.35. The van der Waals surface area contributed by atoms with Crippen molar-refractivity contribution < 1.29 is 5.11 Å². The lowest BCUT2D eigenvalue weighted by Crippen LogP contribution is -2.60. The summed E-state index contributed by atoms with van der Waals surface area (Å²) in [4.78, 5) is 1.25. The van der Waals surface area contributed by atoms with Crippen LogP contribution in [0.3, 0.4) is 0 Å². The molecule has 0 amide bonds. The van der Waals surface area contributed by atoms with E-state index in [2.05, 4.69) is 33.6 Å². The van der Waals surface area contributed by atoms with Gasteiger partial charge in [0.1, 0.15) is 0 Å². The Morgan fingerprint density at radius 1 is 1.69 bits per heavy atom. The number of aliphatic hydroxyl groups is 1. The molecule has 2 rings (SSSR count). The molecule has 0 aliphatic carbocycles. The molecular formula is C9H12BrNOS. The first-order valence-electron chi connectivity index (χ1n) is 4.26. The average Bonchev–Trinajstić information content (AvgIpc) is 2.33. The first kappa shape index (κ1) is 9.65. The van der Waals surface area contributed by atoms with E-state index in [0.717, 1.165) is 24.0 Å². The molecule has 13 heavy (non-hydrogen) atoms. The quantitative estimate of drug-likeness (QED) is 0.850. The largest absolute Gasteiger partial charge is 0.387 e. The molecule has 2 nitrogen and oxygen atoms in total. The maximum atomic E-state index is 9.92. The van der Waals surface area contributed by atoms with Gasteiger partial charge in [0.15, 0.2) is 0 Å². The molecule has 0 aromatic carbocycles. The number of β-amino-alcohol motifs (C(OH)–C–C–N with tert-alkyl or cyclic N) is 1. The van der Waals surface area contributed by atoms with Crippen LogP contribution in [0, 0.1) is 6.92 Å². The van der Waals surface area contributed by atoms with Crippen molar-refractivity contribution in [2.24, 2.45) is 0 Å². The van der Waals surface area contributed by atoms with Crippen molar-refractivity contribution in [3.63, 3.8) is 0 Å². The maximum Gasteiger partial charge on any atom is 0.0943 e. The van der Waals surface area contributed by atoms with E-state index < -0.39 is 5.60 Å². The van der Waals surface area contributed by atoms with Gasteiger partial charge in [0.2, 0.25) is 0 Å². The fourth-order valence-electron chi connectivity index (χ4n) is 1.44. The summed E-state index contributed by atoms with van der Waals surface area (Å²) < 4.78 is 1.16. The predicted octanol–water partition coefficient (Wildman–Crippen LogP) is 1.70. The highest BCUT2D eigenvalue weighted by molar-refractivity contribution is 9.10. The van der Waals surface area contributed by atoms with Crippen LogP contribution in [0.1, 0.15) is 10.4 Å². The zero-order valence-electron chi connectivity index (χ0n) is 7.43. The fourth-order valence-corrected chi connectivity index (χ4v) is 3.18. The zero-order valence-corrected chi connectivity index (χ0v) is 9.83. The van der Waals surface area contributed by atoms with Crippen molar-refractivity contribution in [1.82, 2.24) is 5.32 Å². The first-order chi connectivity index (χ1) is 6.11. The number of hydrogen-bond acceptors (Lipinski definition) is 3. The summed E-state index contributed by atoms with van der Waals surface area (Å²) in [5.74, 6) is 0. The molecular weight excluding hydrogens is 250 g/mol. The molecule has 1 aliphatic rings. The summed E-state index contributed by atoms with van der Waals surface area (Å²) in [5, 5.41) is 15.1. The second-order valence-electron chi connectivity index (χ2n) is 3.66. The third kappa shape index (κ3) is 1.81. The summed E-state index contributed by atoms with van der Waals surface area (Å²) >= 11 is 5.25. The van der Waals surface area contributed by atoms with Gasteiger partial charge >= 0.3 is 0 Å². The normalized spacial score (nSPS) is 19.9. The van der Waals surface area contributed by atoms with Crippen LogP contribution in [0.2, 0.25) is 0 Å². The summed E-state index contributed by atoms with van der Waals surface area (Å²) in [6.07, 6.45) is 0.763. The molecule has 1 fully saturated rings. The van der Waals surface area contributed by atoms with Crippen LogP contribution >= 0.6 is 27.3 Å². The minimum atomic E-state index is -0.500.